The van der Waals surface area contributed by atoms with Gasteiger partial charge in [0.15, 0.2) is 11.6 Å². The van der Waals surface area contributed by atoms with Crippen LogP contribution in [-0.4, -0.2) is 14.1 Å². The molecule has 0 aliphatic carbocycles. The molecule has 0 aliphatic heterocycles. The first-order valence-electron chi connectivity index (χ1n) is 6.23. The van der Waals surface area contributed by atoms with Crippen LogP contribution in [0.25, 0.3) is 0 Å². The second-order valence-corrected chi connectivity index (χ2v) is 7.92. The number of halogens is 2. The average Bonchev–Trinajstić information content (AvgIpc) is 2.28. The molecule has 0 spiro atoms. The van der Waals surface area contributed by atoms with Crippen molar-refractivity contribution in [3.8, 4) is 0 Å². The lowest BCUT2D eigenvalue weighted by molar-refractivity contribution is 0.0823. The summed E-state index contributed by atoms with van der Waals surface area (Å²) in [5.74, 6) is -1.91. The Kier molecular flexibility index (Phi) is 5.23. The predicted octanol–water partition coefficient (Wildman–Crippen LogP) is 3.81. The molecule has 0 aliphatic rings. The quantitative estimate of drug-likeness (QED) is 0.853. The zero-order valence-electron chi connectivity index (χ0n) is 12.1. The zero-order chi connectivity index (χ0) is 14.8. The summed E-state index contributed by atoms with van der Waals surface area (Å²) in [5, 5.41) is 8.94. The highest BCUT2D eigenvalue weighted by Gasteiger charge is 2.31. The van der Waals surface area contributed by atoms with E-state index in [0.29, 0.717) is 0 Å². The van der Waals surface area contributed by atoms with Crippen LogP contribution in [0, 0.1) is 17.0 Å². The Morgan fingerprint density at radius 3 is 2.21 bits per heavy atom. The topological polar surface area (TPSA) is 29.5 Å². The lowest BCUT2D eigenvalue weighted by atomic mass is 9.84. The van der Waals surface area contributed by atoms with Gasteiger partial charge in [-0.1, -0.05) is 32.9 Å². The highest BCUT2D eigenvalue weighted by molar-refractivity contribution is 6.48. The van der Waals surface area contributed by atoms with Gasteiger partial charge in [-0.3, -0.25) is 0 Å². The van der Waals surface area contributed by atoms with Gasteiger partial charge in [0.25, 0.3) is 0 Å². The summed E-state index contributed by atoms with van der Waals surface area (Å²) in [7, 11) is -1.05. The molecule has 1 aromatic rings. The van der Waals surface area contributed by atoms with Gasteiger partial charge >= 0.3 is 0 Å². The number of aliphatic hydroxyl groups is 1. The van der Waals surface area contributed by atoms with Crippen molar-refractivity contribution in [2.75, 3.05) is 0 Å². The van der Waals surface area contributed by atoms with Crippen molar-refractivity contribution in [2.24, 2.45) is 5.41 Å². The first-order chi connectivity index (χ1) is 8.68. The lowest BCUT2D eigenvalue weighted by Gasteiger charge is -2.33. The molecule has 0 amide bonds. The minimum absolute atomic E-state index is 0.0348. The molecule has 1 atom stereocenters. The van der Waals surface area contributed by atoms with Gasteiger partial charge in [0.05, 0.1) is 12.7 Å². The highest BCUT2D eigenvalue weighted by atomic mass is 28.3. The van der Waals surface area contributed by atoms with Crippen LogP contribution in [0.15, 0.2) is 12.1 Å². The van der Waals surface area contributed by atoms with Gasteiger partial charge < -0.3 is 9.53 Å². The van der Waals surface area contributed by atoms with E-state index in [0.717, 1.165) is 0 Å². The van der Waals surface area contributed by atoms with E-state index >= 15 is 0 Å². The maximum absolute atomic E-state index is 14.1. The van der Waals surface area contributed by atoms with Crippen LogP contribution in [0.2, 0.25) is 13.1 Å². The molecule has 1 rings (SSSR count). The second kappa shape index (κ2) is 6.11. The van der Waals surface area contributed by atoms with Crippen molar-refractivity contribution < 1.29 is 18.3 Å². The van der Waals surface area contributed by atoms with E-state index in [2.05, 4.69) is 0 Å². The van der Waals surface area contributed by atoms with Crippen LogP contribution in [-0.2, 0) is 11.0 Å². The first kappa shape index (κ1) is 16.3. The number of benzene rings is 1. The summed E-state index contributed by atoms with van der Waals surface area (Å²) in [4.78, 5) is 0. The standard InChI is InChI=1S/C14H21F2O2Si/c1-14(2,3)13(18-19(4)5)10-7-6-9(8-17)11(15)12(10)16/h6-7,13,17H,8H2,1-5H3. The Morgan fingerprint density at radius 2 is 1.79 bits per heavy atom. The summed E-state index contributed by atoms with van der Waals surface area (Å²) in [6.45, 7) is 9.19. The maximum atomic E-state index is 14.1. The predicted molar refractivity (Wildman–Crippen MR) is 73.0 cm³/mol. The number of rotatable bonds is 4. The summed E-state index contributed by atoms with van der Waals surface area (Å²) in [6, 6.07) is 2.91. The molecule has 0 saturated heterocycles. The molecule has 0 aromatic heterocycles. The third-order valence-corrected chi connectivity index (χ3v) is 3.49. The van der Waals surface area contributed by atoms with E-state index in [1.54, 1.807) is 0 Å². The second-order valence-electron chi connectivity index (χ2n) is 5.87. The Bertz CT molecular complexity index is 442. The molecule has 107 valence electrons. The van der Waals surface area contributed by atoms with Crippen LogP contribution in [0.5, 0.6) is 0 Å². The zero-order valence-corrected chi connectivity index (χ0v) is 13.1. The molecular weight excluding hydrogens is 266 g/mol. The molecular formula is C14H21F2O2Si. The molecule has 1 unspecified atom stereocenters. The average molecular weight is 287 g/mol. The van der Waals surface area contributed by atoms with Gasteiger partial charge in [0.1, 0.15) is 0 Å². The van der Waals surface area contributed by atoms with E-state index in [1.807, 2.05) is 33.9 Å². The maximum Gasteiger partial charge on any atom is 0.205 e. The Balaban J connectivity index is 3.28. The first-order valence-corrected chi connectivity index (χ1v) is 8.63. The fourth-order valence-electron chi connectivity index (χ4n) is 1.87. The number of hydrogen-bond acceptors (Lipinski definition) is 2. The largest absolute Gasteiger partial charge is 0.410 e. The Hall–Kier alpha value is -0.783. The van der Waals surface area contributed by atoms with Crippen molar-refractivity contribution >= 4 is 9.04 Å². The summed E-state index contributed by atoms with van der Waals surface area (Å²) < 4.78 is 33.7. The van der Waals surface area contributed by atoms with Crippen molar-refractivity contribution in [3.63, 3.8) is 0 Å². The van der Waals surface area contributed by atoms with Crippen LogP contribution in [0.4, 0.5) is 8.78 Å². The molecule has 1 N–H and O–H groups in total. The van der Waals surface area contributed by atoms with E-state index in [4.69, 9.17) is 9.53 Å². The van der Waals surface area contributed by atoms with Gasteiger partial charge in [0.2, 0.25) is 9.04 Å². The van der Waals surface area contributed by atoms with Crippen LogP contribution < -0.4 is 0 Å². The molecule has 0 saturated carbocycles. The van der Waals surface area contributed by atoms with E-state index in [1.165, 1.54) is 12.1 Å². The van der Waals surface area contributed by atoms with Gasteiger partial charge in [-0.2, -0.15) is 0 Å². The SMILES string of the molecule is C[Si](C)OC(c1ccc(CO)c(F)c1F)C(C)(C)C. The fourth-order valence-corrected chi connectivity index (χ4v) is 2.82. The molecule has 1 aromatic carbocycles. The van der Waals surface area contributed by atoms with Crippen molar-refractivity contribution in [2.45, 2.75) is 46.6 Å². The van der Waals surface area contributed by atoms with Gasteiger partial charge in [-0.15, -0.1) is 0 Å². The molecule has 1 radical (unpaired) electrons. The van der Waals surface area contributed by atoms with E-state index in [-0.39, 0.29) is 16.5 Å². The fraction of sp³-hybridized carbons (Fsp3) is 0.571. The molecule has 19 heavy (non-hydrogen) atoms. The number of hydrogen-bond donors (Lipinski definition) is 1. The van der Waals surface area contributed by atoms with Crippen LogP contribution in [0.3, 0.4) is 0 Å². The molecule has 0 bridgehead atoms. The van der Waals surface area contributed by atoms with E-state index < -0.39 is 33.4 Å². The van der Waals surface area contributed by atoms with Crippen molar-refractivity contribution in [3.05, 3.63) is 34.9 Å². The van der Waals surface area contributed by atoms with E-state index in [9.17, 15) is 8.78 Å². The smallest absolute Gasteiger partial charge is 0.205 e. The van der Waals surface area contributed by atoms with Crippen molar-refractivity contribution in [1.29, 1.82) is 0 Å². The minimum Gasteiger partial charge on any atom is -0.410 e. The molecule has 0 heterocycles. The molecule has 0 fully saturated rings. The Morgan fingerprint density at radius 1 is 1.21 bits per heavy atom. The lowest BCUT2D eigenvalue weighted by Crippen LogP contribution is -2.27. The normalized spacial score (nSPS) is 13.9. The monoisotopic (exact) mass is 287 g/mol. The minimum atomic E-state index is -1.05. The molecule has 2 nitrogen and oxygen atoms in total. The van der Waals surface area contributed by atoms with Gasteiger partial charge in [-0.25, -0.2) is 8.78 Å². The third kappa shape index (κ3) is 3.84. The Labute approximate surface area is 115 Å². The summed E-state index contributed by atoms with van der Waals surface area (Å²) in [5.41, 5.74) is -0.156. The highest BCUT2D eigenvalue weighted by Crippen LogP contribution is 2.38. The van der Waals surface area contributed by atoms with Crippen LogP contribution >= 0.6 is 0 Å². The number of aliphatic hydroxyl groups excluding tert-OH is 1. The van der Waals surface area contributed by atoms with Crippen LogP contribution in [0.1, 0.15) is 38.0 Å². The van der Waals surface area contributed by atoms with Gasteiger partial charge in [0, 0.05) is 11.1 Å². The van der Waals surface area contributed by atoms with Gasteiger partial charge in [-0.05, 0) is 18.5 Å². The summed E-state index contributed by atoms with van der Waals surface area (Å²) >= 11 is 0. The third-order valence-electron chi connectivity index (χ3n) is 2.79. The summed E-state index contributed by atoms with van der Waals surface area (Å²) in [6.07, 6.45) is -0.501. The molecule has 5 heteroatoms. The van der Waals surface area contributed by atoms with Crippen molar-refractivity contribution in [1.82, 2.24) is 0 Å².